The summed E-state index contributed by atoms with van der Waals surface area (Å²) in [6.07, 6.45) is 7.74. The van der Waals surface area contributed by atoms with Gasteiger partial charge >= 0.3 is 0 Å². The fourth-order valence-corrected chi connectivity index (χ4v) is 2.80. The molecule has 1 unspecified atom stereocenters. The normalized spacial score (nSPS) is 15.6. The van der Waals surface area contributed by atoms with Gasteiger partial charge in [0.1, 0.15) is 6.04 Å². The van der Waals surface area contributed by atoms with Crippen molar-refractivity contribution in [1.82, 2.24) is 0 Å². The first-order chi connectivity index (χ1) is 11.1. The summed E-state index contributed by atoms with van der Waals surface area (Å²) in [4.78, 5) is 23.2. The number of carbonyl (C=O) groups excluding carboxylic acids is 2. The third-order valence-electron chi connectivity index (χ3n) is 4.07. The van der Waals surface area contributed by atoms with Crippen molar-refractivity contribution in [1.29, 1.82) is 0 Å². The van der Waals surface area contributed by atoms with E-state index in [0.29, 0.717) is 12.2 Å². The number of carboxylic acids is 1. The molecule has 0 saturated carbocycles. The molecule has 1 aliphatic rings. The van der Waals surface area contributed by atoms with Gasteiger partial charge in [-0.05, 0) is 37.8 Å². The number of allylic oxidation sites excluding steroid dienone is 1. The molecular formula is C18H24N2O3. The Morgan fingerprint density at radius 1 is 1.22 bits per heavy atom. The van der Waals surface area contributed by atoms with Gasteiger partial charge in [0.2, 0.25) is 5.91 Å². The summed E-state index contributed by atoms with van der Waals surface area (Å²) < 4.78 is 0. The third-order valence-corrected chi connectivity index (χ3v) is 4.07. The topological polar surface area (TPSA) is 85.8 Å². The molecule has 1 aromatic carbocycles. The van der Waals surface area contributed by atoms with Crippen molar-refractivity contribution >= 4 is 17.6 Å². The maximum Gasteiger partial charge on any atom is 0.230 e. The number of hydrogen-bond donors (Lipinski definition) is 2. The van der Waals surface area contributed by atoms with E-state index in [0.717, 1.165) is 19.3 Å². The smallest absolute Gasteiger partial charge is 0.230 e. The van der Waals surface area contributed by atoms with Crippen molar-refractivity contribution in [2.45, 2.75) is 44.6 Å². The Kier molecular flexibility index (Phi) is 6.81. The number of anilines is 1. The average Bonchev–Trinajstić information content (AvgIpc) is 2.55. The number of carboxylic acid groups (broad SMARTS) is 1. The van der Waals surface area contributed by atoms with Gasteiger partial charge in [0.15, 0.2) is 0 Å². The molecule has 0 saturated heterocycles. The fraction of sp³-hybridized carbons (Fsp3) is 0.444. The molecule has 0 aliphatic heterocycles. The van der Waals surface area contributed by atoms with E-state index < -0.39 is 12.0 Å². The van der Waals surface area contributed by atoms with Crippen LogP contribution in [0.1, 0.15) is 38.5 Å². The van der Waals surface area contributed by atoms with E-state index in [2.05, 4.69) is 11.4 Å². The third kappa shape index (κ3) is 6.24. The van der Waals surface area contributed by atoms with E-state index in [1.165, 1.54) is 18.4 Å². The molecule has 0 spiro atoms. The van der Waals surface area contributed by atoms with Gasteiger partial charge in [-0.3, -0.25) is 4.79 Å². The maximum absolute atomic E-state index is 12.0. The number of amides is 1. The molecule has 124 valence electrons. The molecule has 0 heterocycles. The Hall–Kier alpha value is -2.14. The van der Waals surface area contributed by atoms with Crippen LogP contribution in [0.5, 0.6) is 0 Å². The van der Waals surface area contributed by atoms with Crippen LogP contribution in [0.2, 0.25) is 0 Å². The molecule has 1 aromatic rings. The Morgan fingerprint density at radius 3 is 2.65 bits per heavy atom. The van der Waals surface area contributed by atoms with Crippen LogP contribution in [0, 0.1) is 0 Å². The van der Waals surface area contributed by atoms with Crippen molar-refractivity contribution in [3.63, 3.8) is 0 Å². The zero-order chi connectivity index (χ0) is 16.5. The van der Waals surface area contributed by atoms with E-state index in [9.17, 15) is 14.7 Å². The van der Waals surface area contributed by atoms with Crippen LogP contribution in [0.3, 0.4) is 0 Å². The van der Waals surface area contributed by atoms with Crippen LogP contribution in [0.4, 0.5) is 5.69 Å². The lowest BCUT2D eigenvalue weighted by molar-refractivity contribution is -0.682. The Morgan fingerprint density at radius 2 is 2.00 bits per heavy atom. The number of rotatable bonds is 8. The van der Waals surface area contributed by atoms with Crippen LogP contribution in [-0.2, 0) is 9.59 Å². The van der Waals surface area contributed by atoms with Crippen LogP contribution in [0.25, 0.3) is 0 Å². The molecular weight excluding hydrogens is 292 g/mol. The predicted molar refractivity (Wildman–Crippen MR) is 86.4 cm³/mol. The highest BCUT2D eigenvalue weighted by molar-refractivity contribution is 5.93. The zero-order valence-electron chi connectivity index (χ0n) is 13.3. The average molecular weight is 316 g/mol. The molecule has 0 radical (unpaired) electrons. The molecule has 0 aromatic heterocycles. The summed E-state index contributed by atoms with van der Waals surface area (Å²) in [6, 6.07) is 8.18. The highest BCUT2D eigenvalue weighted by Gasteiger charge is 2.18. The SMILES string of the molecule is O=C(CC([NH2+]CCC1=CCCCC1)C(=O)[O-])Nc1ccccc1. The number of quaternary nitrogens is 1. The molecule has 5 nitrogen and oxygen atoms in total. The van der Waals surface area contributed by atoms with E-state index in [-0.39, 0.29) is 12.3 Å². The molecule has 1 aliphatic carbocycles. The molecule has 0 bridgehead atoms. The molecule has 1 atom stereocenters. The molecule has 3 N–H and O–H groups in total. The molecule has 2 rings (SSSR count). The number of carbonyl (C=O) groups is 2. The number of aliphatic carboxylic acids is 1. The molecule has 1 amide bonds. The number of para-hydroxylation sites is 1. The highest BCUT2D eigenvalue weighted by Crippen LogP contribution is 2.18. The minimum atomic E-state index is -1.19. The molecule has 0 fully saturated rings. The van der Waals surface area contributed by atoms with Crippen molar-refractivity contribution in [3.8, 4) is 0 Å². The van der Waals surface area contributed by atoms with Crippen LogP contribution in [-0.4, -0.2) is 24.5 Å². The molecule has 23 heavy (non-hydrogen) atoms. The quantitative estimate of drug-likeness (QED) is 0.688. The van der Waals surface area contributed by atoms with Crippen molar-refractivity contribution in [3.05, 3.63) is 42.0 Å². The fourth-order valence-electron chi connectivity index (χ4n) is 2.80. The lowest BCUT2D eigenvalue weighted by Crippen LogP contribution is -2.93. The van der Waals surface area contributed by atoms with Gasteiger partial charge in [0, 0.05) is 12.1 Å². The van der Waals surface area contributed by atoms with Gasteiger partial charge in [0.25, 0.3) is 0 Å². The Bertz CT molecular complexity index is 555. The van der Waals surface area contributed by atoms with E-state index in [4.69, 9.17) is 0 Å². The lowest BCUT2D eigenvalue weighted by atomic mass is 9.97. The maximum atomic E-state index is 12.0. The first-order valence-electron chi connectivity index (χ1n) is 8.22. The van der Waals surface area contributed by atoms with Gasteiger partial charge in [0.05, 0.1) is 18.9 Å². The summed E-state index contributed by atoms with van der Waals surface area (Å²) in [5.74, 6) is -1.50. The van der Waals surface area contributed by atoms with Gasteiger partial charge in [-0.15, -0.1) is 0 Å². The van der Waals surface area contributed by atoms with Crippen LogP contribution < -0.4 is 15.7 Å². The second-order valence-corrected chi connectivity index (χ2v) is 5.93. The first-order valence-corrected chi connectivity index (χ1v) is 8.22. The van der Waals surface area contributed by atoms with Gasteiger partial charge < -0.3 is 20.5 Å². The van der Waals surface area contributed by atoms with Crippen molar-refractivity contribution in [2.75, 3.05) is 11.9 Å². The Labute approximate surface area is 136 Å². The lowest BCUT2D eigenvalue weighted by Gasteiger charge is -2.18. The summed E-state index contributed by atoms with van der Waals surface area (Å²) >= 11 is 0. The van der Waals surface area contributed by atoms with Crippen LogP contribution in [0.15, 0.2) is 42.0 Å². The van der Waals surface area contributed by atoms with Gasteiger partial charge in [-0.25, -0.2) is 0 Å². The minimum Gasteiger partial charge on any atom is -0.544 e. The highest BCUT2D eigenvalue weighted by atomic mass is 16.4. The number of nitrogens with one attached hydrogen (secondary N) is 1. The number of hydrogen-bond acceptors (Lipinski definition) is 3. The summed E-state index contributed by atoms with van der Waals surface area (Å²) in [6.45, 7) is 0.670. The summed E-state index contributed by atoms with van der Waals surface area (Å²) in [7, 11) is 0. The minimum absolute atomic E-state index is 0.0870. The summed E-state index contributed by atoms with van der Waals surface area (Å²) in [5.41, 5.74) is 2.07. The summed E-state index contributed by atoms with van der Waals surface area (Å²) in [5, 5.41) is 15.6. The number of benzene rings is 1. The second-order valence-electron chi connectivity index (χ2n) is 5.93. The van der Waals surface area contributed by atoms with E-state index in [1.54, 1.807) is 17.4 Å². The van der Waals surface area contributed by atoms with E-state index >= 15 is 0 Å². The van der Waals surface area contributed by atoms with Crippen molar-refractivity contribution < 1.29 is 20.0 Å². The standard InChI is InChI=1S/C18H24N2O3/c21-17(20-15-9-5-2-6-10-15)13-16(18(22)23)19-12-11-14-7-3-1-4-8-14/h2,5-7,9-10,16,19H,1,3-4,8,11-13H2,(H,20,21)(H,22,23). The monoisotopic (exact) mass is 316 g/mol. The Balaban J connectivity index is 1.77. The molecule has 5 heteroatoms. The zero-order valence-corrected chi connectivity index (χ0v) is 13.3. The second kappa shape index (κ2) is 9.10. The number of nitrogens with two attached hydrogens (primary N) is 1. The van der Waals surface area contributed by atoms with Crippen molar-refractivity contribution in [2.24, 2.45) is 0 Å². The predicted octanol–water partition coefficient (Wildman–Crippen LogP) is 0.588. The first kappa shape index (κ1) is 17.2. The largest absolute Gasteiger partial charge is 0.544 e. The van der Waals surface area contributed by atoms with Gasteiger partial charge in [-0.1, -0.05) is 29.8 Å². The van der Waals surface area contributed by atoms with Crippen LogP contribution >= 0.6 is 0 Å². The van der Waals surface area contributed by atoms with E-state index in [1.807, 2.05) is 18.2 Å². The van der Waals surface area contributed by atoms with Gasteiger partial charge in [-0.2, -0.15) is 0 Å².